The number of hydrogen-bond acceptors (Lipinski definition) is 3. The molecule has 1 unspecified atom stereocenters. The molecule has 2 saturated heterocycles. The van der Waals surface area contributed by atoms with Crippen molar-refractivity contribution in [2.75, 3.05) is 45.5 Å². The number of likely N-dealkylation sites (N-methyl/N-ethyl adjacent to an activating group) is 1. The number of aliphatic imine (C=N–C) groups is 1. The van der Waals surface area contributed by atoms with Crippen LogP contribution in [0.3, 0.4) is 0 Å². The van der Waals surface area contributed by atoms with Crippen molar-refractivity contribution >= 4 is 41.7 Å². The number of thioether (sulfide) groups is 1. The van der Waals surface area contributed by atoms with Crippen molar-refractivity contribution in [3.8, 4) is 0 Å². The van der Waals surface area contributed by atoms with E-state index in [0.717, 1.165) is 25.6 Å². The number of likely N-dealkylation sites (tertiary alicyclic amines) is 1. The third-order valence-corrected chi connectivity index (χ3v) is 5.89. The molecule has 4 nitrogen and oxygen atoms in total. The van der Waals surface area contributed by atoms with Gasteiger partial charge in [0.2, 0.25) is 0 Å². The van der Waals surface area contributed by atoms with Gasteiger partial charge in [0.1, 0.15) is 0 Å². The lowest BCUT2D eigenvalue weighted by Gasteiger charge is -2.40. The molecule has 0 bridgehead atoms. The quantitative estimate of drug-likeness (QED) is 0.416. The van der Waals surface area contributed by atoms with E-state index >= 15 is 0 Å². The van der Waals surface area contributed by atoms with E-state index in [0.29, 0.717) is 10.8 Å². The fourth-order valence-corrected chi connectivity index (χ4v) is 4.56. The number of guanidine groups is 1. The molecule has 0 aromatic heterocycles. The monoisotopic (exact) mass is 440 g/mol. The standard InChI is InChI=1S/C16H32N4S.HI/c1-5-19-9-7-6-8-14(19)12-18-15(17-4)20-10-11-21-16(2,3)13-20;/h14H,5-13H2,1-4H3,(H,17,18);1H. The van der Waals surface area contributed by atoms with Crippen LogP contribution in [-0.2, 0) is 0 Å². The summed E-state index contributed by atoms with van der Waals surface area (Å²) in [7, 11) is 1.91. The van der Waals surface area contributed by atoms with Crippen LogP contribution in [0.25, 0.3) is 0 Å². The van der Waals surface area contributed by atoms with E-state index < -0.39 is 0 Å². The highest BCUT2D eigenvalue weighted by Crippen LogP contribution is 2.29. The fraction of sp³-hybridized carbons (Fsp3) is 0.938. The van der Waals surface area contributed by atoms with Crippen LogP contribution in [0.5, 0.6) is 0 Å². The zero-order valence-electron chi connectivity index (χ0n) is 14.6. The van der Waals surface area contributed by atoms with Crippen molar-refractivity contribution in [1.29, 1.82) is 0 Å². The minimum Gasteiger partial charge on any atom is -0.355 e. The van der Waals surface area contributed by atoms with Crippen molar-refractivity contribution in [2.45, 2.75) is 50.8 Å². The number of halogens is 1. The van der Waals surface area contributed by atoms with Gasteiger partial charge < -0.3 is 10.2 Å². The lowest BCUT2D eigenvalue weighted by Crippen LogP contribution is -2.54. The molecule has 2 aliphatic rings. The smallest absolute Gasteiger partial charge is 0.193 e. The Labute approximate surface area is 157 Å². The van der Waals surface area contributed by atoms with Crippen molar-refractivity contribution in [2.24, 2.45) is 4.99 Å². The predicted molar refractivity (Wildman–Crippen MR) is 110 cm³/mol. The fourth-order valence-electron chi connectivity index (χ4n) is 3.45. The number of rotatable bonds is 3. The van der Waals surface area contributed by atoms with E-state index in [1.165, 1.54) is 38.1 Å². The van der Waals surface area contributed by atoms with Crippen LogP contribution >= 0.6 is 35.7 Å². The van der Waals surface area contributed by atoms with Crippen molar-refractivity contribution in [3.63, 3.8) is 0 Å². The van der Waals surface area contributed by atoms with Gasteiger partial charge in [-0.1, -0.05) is 13.3 Å². The number of hydrogen-bond donors (Lipinski definition) is 1. The van der Waals surface area contributed by atoms with Crippen molar-refractivity contribution < 1.29 is 0 Å². The molecule has 0 radical (unpaired) electrons. The van der Waals surface area contributed by atoms with Gasteiger partial charge in [0.05, 0.1) is 0 Å². The minimum atomic E-state index is 0. The molecule has 0 aromatic rings. The summed E-state index contributed by atoms with van der Waals surface area (Å²) >= 11 is 2.07. The summed E-state index contributed by atoms with van der Waals surface area (Å²) in [5.41, 5.74) is 0. The molecular weight excluding hydrogens is 407 g/mol. The Hall–Kier alpha value is 0.310. The zero-order chi connectivity index (χ0) is 15.3. The molecule has 2 aliphatic heterocycles. The van der Waals surface area contributed by atoms with Gasteiger partial charge in [-0.2, -0.15) is 11.8 Å². The zero-order valence-corrected chi connectivity index (χ0v) is 17.7. The summed E-state index contributed by atoms with van der Waals surface area (Å²) in [5.74, 6) is 2.28. The first-order valence-electron chi connectivity index (χ1n) is 8.39. The predicted octanol–water partition coefficient (Wildman–Crippen LogP) is 2.88. The second kappa shape index (κ2) is 9.57. The molecule has 1 N–H and O–H groups in total. The molecule has 0 aromatic carbocycles. The number of nitrogens with zero attached hydrogens (tertiary/aromatic N) is 3. The summed E-state index contributed by atoms with van der Waals surface area (Å²) in [6.07, 6.45) is 4.05. The maximum absolute atomic E-state index is 4.52. The Balaban J connectivity index is 0.00000242. The van der Waals surface area contributed by atoms with E-state index in [4.69, 9.17) is 0 Å². The van der Waals surface area contributed by atoms with Gasteiger partial charge in [0.25, 0.3) is 0 Å². The molecule has 2 fully saturated rings. The van der Waals surface area contributed by atoms with Gasteiger partial charge in [0, 0.05) is 43.2 Å². The average molecular weight is 440 g/mol. The summed E-state index contributed by atoms with van der Waals surface area (Å²) in [6, 6.07) is 0.674. The van der Waals surface area contributed by atoms with Crippen LogP contribution in [0.15, 0.2) is 4.99 Å². The van der Waals surface area contributed by atoms with Gasteiger partial charge in [-0.3, -0.25) is 9.89 Å². The van der Waals surface area contributed by atoms with Crippen molar-refractivity contribution in [3.05, 3.63) is 0 Å². The third kappa shape index (κ3) is 5.74. The molecule has 0 amide bonds. The van der Waals surface area contributed by atoms with E-state index in [9.17, 15) is 0 Å². The molecule has 2 heterocycles. The largest absolute Gasteiger partial charge is 0.355 e. The highest BCUT2D eigenvalue weighted by atomic mass is 127. The highest BCUT2D eigenvalue weighted by Gasteiger charge is 2.29. The van der Waals surface area contributed by atoms with E-state index in [-0.39, 0.29) is 24.0 Å². The maximum atomic E-state index is 4.52. The summed E-state index contributed by atoms with van der Waals surface area (Å²) in [4.78, 5) is 9.55. The average Bonchev–Trinajstić information content (AvgIpc) is 2.47. The first-order valence-corrected chi connectivity index (χ1v) is 9.38. The Bertz CT molecular complexity index is 362. The molecule has 0 aliphatic carbocycles. The third-order valence-electron chi connectivity index (χ3n) is 4.59. The maximum Gasteiger partial charge on any atom is 0.193 e. The molecule has 130 valence electrons. The first-order chi connectivity index (χ1) is 10.1. The van der Waals surface area contributed by atoms with Crippen LogP contribution in [0, 0.1) is 0 Å². The molecular formula is C16H33IN4S. The topological polar surface area (TPSA) is 30.9 Å². The second-order valence-electron chi connectivity index (χ2n) is 6.74. The molecule has 2 rings (SSSR count). The van der Waals surface area contributed by atoms with Crippen LogP contribution in [0.2, 0.25) is 0 Å². The lowest BCUT2D eigenvalue weighted by molar-refractivity contribution is 0.156. The first kappa shape index (κ1) is 20.4. The Morgan fingerprint density at radius 1 is 1.32 bits per heavy atom. The SMILES string of the molecule is CCN1CCCCC1CNC(=NC)N1CCSC(C)(C)C1.I. The number of nitrogens with one attached hydrogen (secondary N) is 1. The Morgan fingerprint density at radius 2 is 2.09 bits per heavy atom. The van der Waals surface area contributed by atoms with Gasteiger partial charge in [0.15, 0.2) is 5.96 Å². The Kier molecular flexibility index (Phi) is 8.85. The van der Waals surface area contributed by atoms with Gasteiger partial charge in [-0.25, -0.2) is 0 Å². The van der Waals surface area contributed by atoms with Gasteiger partial charge >= 0.3 is 0 Å². The number of piperidine rings is 1. The summed E-state index contributed by atoms with van der Waals surface area (Å²) < 4.78 is 0.330. The Morgan fingerprint density at radius 3 is 2.73 bits per heavy atom. The van der Waals surface area contributed by atoms with Gasteiger partial charge in [-0.15, -0.1) is 24.0 Å². The minimum absolute atomic E-state index is 0. The summed E-state index contributed by atoms with van der Waals surface area (Å²) in [6.45, 7) is 12.6. The normalized spacial score (nSPS) is 26.5. The van der Waals surface area contributed by atoms with Crippen LogP contribution in [0.1, 0.15) is 40.0 Å². The van der Waals surface area contributed by atoms with Crippen molar-refractivity contribution in [1.82, 2.24) is 15.1 Å². The van der Waals surface area contributed by atoms with Crippen LogP contribution in [-0.4, -0.2) is 72.1 Å². The summed E-state index contributed by atoms with van der Waals surface area (Å²) in [5, 5.41) is 3.64. The molecule has 1 atom stereocenters. The van der Waals surface area contributed by atoms with Crippen LogP contribution in [0.4, 0.5) is 0 Å². The van der Waals surface area contributed by atoms with E-state index in [2.05, 4.69) is 52.6 Å². The molecule has 22 heavy (non-hydrogen) atoms. The van der Waals surface area contributed by atoms with E-state index in [1.807, 2.05) is 7.05 Å². The second-order valence-corrected chi connectivity index (χ2v) is 8.54. The van der Waals surface area contributed by atoms with Crippen LogP contribution < -0.4 is 5.32 Å². The van der Waals surface area contributed by atoms with E-state index in [1.54, 1.807) is 0 Å². The highest BCUT2D eigenvalue weighted by molar-refractivity contribution is 14.0. The molecule has 0 saturated carbocycles. The van der Waals surface area contributed by atoms with Gasteiger partial charge in [-0.05, 0) is 39.8 Å². The molecule has 6 heteroatoms. The lowest BCUT2D eigenvalue weighted by atomic mass is 10.0. The molecule has 0 spiro atoms.